The number of aromatic nitrogens is 1. The lowest BCUT2D eigenvalue weighted by atomic mass is 10.1. The molecule has 1 heterocycles. The summed E-state index contributed by atoms with van der Waals surface area (Å²) in [5, 5.41) is 9.90. The van der Waals surface area contributed by atoms with Crippen LogP contribution in [-0.4, -0.2) is 27.7 Å². The molecule has 26 heavy (non-hydrogen) atoms. The van der Waals surface area contributed by atoms with Gasteiger partial charge in [-0.3, -0.25) is 4.79 Å². The minimum absolute atomic E-state index is 0.0718. The van der Waals surface area contributed by atoms with Gasteiger partial charge in [0.05, 0.1) is 19.0 Å². The van der Waals surface area contributed by atoms with Gasteiger partial charge in [-0.2, -0.15) is 0 Å². The van der Waals surface area contributed by atoms with Crippen LogP contribution in [0.15, 0.2) is 36.4 Å². The lowest BCUT2D eigenvalue weighted by Crippen LogP contribution is -2.13. The van der Waals surface area contributed by atoms with Crippen LogP contribution in [0.4, 0.5) is 4.39 Å². The van der Waals surface area contributed by atoms with Crippen molar-refractivity contribution in [3.63, 3.8) is 0 Å². The number of carboxylic acid groups (broad SMARTS) is 1. The minimum atomic E-state index is -0.961. The maximum atomic E-state index is 14.3. The lowest BCUT2D eigenvalue weighted by molar-refractivity contribution is -0.136. The molecule has 134 valence electrons. The van der Waals surface area contributed by atoms with Gasteiger partial charge in [0.25, 0.3) is 0 Å². The molecule has 4 nitrogen and oxygen atoms in total. The number of methoxy groups -OCH3 is 1. The molecule has 2 aromatic carbocycles. The fourth-order valence-electron chi connectivity index (χ4n) is 3.10. The standard InChI is InChI=1S/C20H18FNO3S/c1-11-4-6-13(7-5-11)20(26)22-12(2)14(9-19(23)24)15-8-18(25-3)16(21)10-17(15)22/h4-8,10H,9H2,1-3H3,(H,23,24). The molecule has 0 bridgehead atoms. The van der Waals surface area contributed by atoms with Gasteiger partial charge >= 0.3 is 5.97 Å². The fraction of sp³-hybridized carbons (Fsp3) is 0.200. The van der Waals surface area contributed by atoms with Crippen molar-refractivity contribution in [3.05, 3.63) is 64.6 Å². The van der Waals surface area contributed by atoms with Gasteiger partial charge in [-0.1, -0.05) is 42.0 Å². The molecule has 0 spiro atoms. The molecular formula is C20H18FNO3S. The van der Waals surface area contributed by atoms with Crippen molar-refractivity contribution in [3.8, 4) is 5.75 Å². The van der Waals surface area contributed by atoms with Crippen molar-refractivity contribution in [2.45, 2.75) is 20.3 Å². The number of aryl methyl sites for hydroxylation is 1. The molecule has 0 amide bonds. The first-order valence-electron chi connectivity index (χ1n) is 8.04. The number of carboxylic acids is 1. The Hall–Kier alpha value is -2.73. The second-order valence-corrected chi connectivity index (χ2v) is 6.53. The van der Waals surface area contributed by atoms with E-state index in [1.54, 1.807) is 11.5 Å². The molecule has 0 aliphatic heterocycles. The molecule has 1 N–H and O–H groups in total. The van der Waals surface area contributed by atoms with E-state index in [1.807, 2.05) is 31.2 Å². The van der Waals surface area contributed by atoms with E-state index >= 15 is 0 Å². The summed E-state index contributed by atoms with van der Waals surface area (Å²) in [7, 11) is 1.38. The van der Waals surface area contributed by atoms with Gasteiger partial charge in [-0.25, -0.2) is 4.39 Å². The second-order valence-electron chi connectivity index (χ2n) is 6.14. The van der Waals surface area contributed by atoms with Crippen molar-refractivity contribution < 1.29 is 19.0 Å². The topological polar surface area (TPSA) is 51.5 Å². The number of thiocarbonyl (C=S) groups is 1. The monoisotopic (exact) mass is 371 g/mol. The van der Waals surface area contributed by atoms with E-state index in [0.717, 1.165) is 11.1 Å². The van der Waals surface area contributed by atoms with Crippen LogP contribution >= 0.6 is 12.2 Å². The first-order chi connectivity index (χ1) is 12.3. The van der Waals surface area contributed by atoms with E-state index in [0.29, 0.717) is 27.1 Å². The zero-order chi connectivity index (χ0) is 19.0. The van der Waals surface area contributed by atoms with Gasteiger partial charge in [-0.15, -0.1) is 0 Å². The Morgan fingerprint density at radius 1 is 1.23 bits per heavy atom. The Kier molecular flexibility index (Phi) is 4.78. The number of nitrogens with zero attached hydrogens (tertiary/aromatic N) is 1. The van der Waals surface area contributed by atoms with Gasteiger partial charge in [-0.05, 0) is 25.5 Å². The normalized spacial score (nSPS) is 10.9. The third kappa shape index (κ3) is 3.08. The molecule has 0 aliphatic rings. The lowest BCUT2D eigenvalue weighted by Gasteiger charge is -2.11. The number of rotatable bonds is 4. The summed E-state index contributed by atoms with van der Waals surface area (Å²) in [6, 6.07) is 10.6. The average molecular weight is 371 g/mol. The van der Waals surface area contributed by atoms with Crippen LogP contribution in [0.2, 0.25) is 0 Å². The van der Waals surface area contributed by atoms with Gasteiger partial charge in [0.1, 0.15) is 4.99 Å². The largest absolute Gasteiger partial charge is 0.494 e. The van der Waals surface area contributed by atoms with Crippen LogP contribution in [0.25, 0.3) is 10.9 Å². The maximum absolute atomic E-state index is 14.3. The van der Waals surface area contributed by atoms with Crippen LogP contribution in [0, 0.1) is 19.7 Å². The first kappa shape index (κ1) is 18.1. The maximum Gasteiger partial charge on any atom is 0.307 e. The highest BCUT2D eigenvalue weighted by molar-refractivity contribution is 7.80. The molecule has 0 atom stereocenters. The summed E-state index contributed by atoms with van der Waals surface area (Å²) in [4.78, 5) is 11.8. The molecule has 3 aromatic rings. The van der Waals surface area contributed by atoms with Crippen molar-refractivity contribution >= 4 is 34.1 Å². The number of hydrogen-bond donors (Lipinski definition) is 1. The Bertz CT molecular complexity index is 1020. The number of aliphatic carboxylic acids is 1. The highest BCUT2D eigenvalue weighted by Gasteiger charge is 2.21. The number of fused-ring (bicyclic) bond motifs is 1. The van der Waals surface area contributed by atoms with E-state index in [2.05, 4.69) is 0 Å². The van der Waals surface area contributed by atoms with Crippen LogP contribution in [0.5, 0.6) is 5.75 Å². The molecule has 0 aliphatic carbocycles. The Morgan fingerprint density at radius 2 is 1.88 bits per heavy atom. The summed E-state index contributed by atoms with van der Waals surface area (Å²) in [5.74, 6) is -1.41. The molecule has 0 unspecified atom stereocenters. The molecular weight excluding hydrogens is 353 g/mol. The van der Waals surface area contributed by atoms with Crippen molar-refractivity contribution in [2.75, 3.05) is 7.11 Å². The molecule has 0 saturated heterocycles. The predicted octanol–water partition coefficient (Wildman–Crippen LogP) is 4.26. The minimum Gasteiger partial charge on any atom is -0.494 e. The van der Waals surface area contributed by atoms with E-state index < -0.39 is 11.8 Å². The second kappa shape index (κ2) is 6.88. The Balaban J connectivity index is 2.28. The van der Waals surface area contributed by atoms with Gasteiger partial charge in [0.2, 0.25) is 0 Å². The molecule has 0 radical (unpaired) electrons. The zero-order valence-electron chi connectivity index (χ0n) is 14.7. The van der Waals surface area contributed by atoms with Gasteiger partial charge < -0.3 is 14.4 Å². The molecule has 0 saturated carbocycles. The third-order valence-corrected chi connectivity index (χ3v) is 4.86. The van der Waals surface area contributed by atoms with Gasteiger partial charge in [0.15, 0.2) is 11.6 Å². The highest BCUT2D eigenvalue weighted by atomic mass is 32.1. The summed E-state index contributed by atoms with van der Waals surface area (Å²) >= 11 is 5.64. The number of ether oxygens (including phenoxy) is 1. The van der Waals surface area contributed by atoms with Crippen LogP contribution < -0.4 is 4.74 Å². The SMILES string of the molecule is COc1cc2c(CC(=O)O)c(C)n(C(=S)c3ccc(C)cc3)c2cc1F. The number of benzene rings is 2. The zero-order valence-corrected chi connectivity index (χ0v) is 15.5. The van der Waals surface area contributed by atoms with Gasteiger partial charge in [0, 0.05) is 22.7 Å². The molecule has 1 aromatic heterocycles. The van der Waals surface area contributed by atoms with Crippen LogP contribution in [0.3, 0.4) is 0 Å². The third-order valence-electron chi connectivity index (χ3n) is 4.44. The summed E-state index contributed by atoms with van der Waals surface area (Å²) in [6.45, 7) is 3.78. The first-order valence-corrected chi connectivity index (χ1v) is 8.45. The summed E-state index contributed by atoms with van der Waals surface area (Å²) < 4.78 is 21.1. The highest BCUT2D eigenvalue weighted by Crippen LogP contribution is 2.32. The van der Waals surface area contributed by atoms with Crippen LogP contribution in [-0.2, 0) is 11.2 Å². The van der Waals surface area contributed by atoms with Crippen molar-refractivity contribution in [1.82, 2.24) is 4.57 Å². The number of hydrogen-bond acceptors (Lipinski definition) is 3. The van der Waals surface area contributed by atoms with E-state index in [-0.39, 0.29) is 12.2 Å². The van der Waals surface area contributed by atoms with Crippen molar-refractivity contribution in [1.29, 1.82) is 0 Å². The summed E-state index contributed by atoms with van der Waals surface area (Å²) in [5.41, 5.74) is 3.72. The average Bonchev–Trinajstić information content (AvgIpc) is 2.85. The number of halogens is 1. The van der Waals surface area contributed by atoms with E-state index in [1.165, 1.54) is 19.2 Å². The molecule has 3 rings (SSSR count). The van der Waals surface area contributed by atoms with E-state index in [9.17, 15) is 14.3 Å². The van der Waals surface area contributed by atoms with E-state index in [4.69, 9.17) is 17.0 Å². The quantitative estimate of drug-likeness (QED) is 0.697. The van der Waals surface area contributed by atoms with Crippen LogP contribution in [0.1, 0.15) is 22.4 Å². The fourth-order valence-corrected chi connectivity index (χ4v) is 3.47. The predicted molar refractivity (Wildman–Crippen MR) is 103 cm³/mol. The molecule has 6 heteroatoms. The summed E-state index contributed by atoms with van der Waals surface area (Å²) in [6.07, 6.45) is -0.180. The Labute approximate surface area is 155 Å². The Morgan fingerprint density at radius 3 is 2.46 bits per heavy atom. The van der Waals surface area contributed by atoms with Crippen molar-refractivity contribution in [2.24, 2.45) is 0 Å². The number of carbonyl (C=O) groups is 1. The smallest absolute Gasteiger partial charge is 0.307 e. The molecule has 0 fully saturated rings.